The highest BCUT2D eigenvalue weighted by Crippen LogP contribution is 2.25. The Balaban J connectivity index is 1.71. The Labute approximate surface area is 177 Å². The topological polar surface area (TPSA) is 55.4 Å². The molecule has 0 saturated heterocycles. The standard InChI is InChI=1S/C26H27NO3/c1-18(30-21-16-14-20(15-17-21)26(2,3)4)25(29)27-23-13-9-8-12-22(23)24(28)19-10-6-5-7-11-19/h5-18H,1-4H3,(H,27,29)/t18-/m1/s1. The van der Waals surface area contributed by atoms with Crippen molar-refractivity contribution in [2.75, 3.05) is 5.32 Å². The minimum absolute atomic E-state index is 0.0521. The van der Waals surface area contributed by atoms with Gasteiger partial charge < -0.3 is 10.1 Å². The normalized spacial score (nSPS) is 12.1. The minimum atomic E-state index is -0.717. The number of para-hydroxylation sites is 1. The summed E-state index contributed by atoms with van der Waals surface area (Å²) in [4.78, 5) is 25.5. The van der Waals surface area contributed by atoms with Crippen LogP contribution in [0.25, 0.3) is 0 Å². The van der Waals surface area contributed by atoms with E-state index in [9.17, 15) is 9.59 Å². The highest BCUT2D eigenvalue weighted by Gasteiger charge is 2.20. The summed E-state index contributed by atoms with van der Waals surface area (Å²) in [6, 6.07) is 23.8. The van der Waals surface area contributed by atoms with Gasteiger partial charge in [-0.05, 0) is 42.2 Å². The molecule has 0 bridgehead atoms. The summed E-state index contributed by atoms with van der Waals surface area (Å²) < 4.78 is 5.80. The molecule has 1 N–H and O–H groups in total. The summed E-state index contributed by atoms with van der Waals surface area (Å²) in [6.07, 6.45) is -0.717. The van der Waals surface area contributed by atoms with Crippen LogP contribution in [-0.4, -0.2) is 17.8 Å². The van der Waals surface area contributed by atoms with E-state index in [1.807, 2.05) is 42.5 Å². The molecule has 0 fully saturated rings. The third-order valence-corrected chi connectivity index (χ3v) is 4.87. The van der Waals surface area contributed by atoms with Gasteiger partial charge in [-0.2, -0.15) is 0 Å². The second-order valence-corrected chi connectivity index (χ2v) is 8.26. The predicted octanol–water partition coefficient (Wildman–Crippen LogP) is 5.62. The molecule has 3 aromatic rings. The molecule has 0 unspecified atom stereocenters. The van der Waals surface area contributed by atoms with E-state index in [0.717, 1.165) is 0 Å². The van der Waals surface area contributed by atoms with Crippen LogP contribution in [0.4, 0.5) is 5.69 Å². The molecule has 154 valence electrons. The molecule has 0 aliphatic carbocycles. The summed E-state index contributed by atoms with van der Waals surface area (Å²) in [5, 5.41) is 2.83. The van der Waals surface area contributed by atoms with Crippen LogP contribution in [0.2, 0.25) is 0 Å². The Morgan fingerprint density at radius 3 is 2.07 bits per heavy atom. The van der Waals surface area contributed by atoms with E-state index >= 15 is 0 Å². The van der Waals surface area contributed by atoms with Gasteiger partial charge in [-0.3, -0.25) is 9.59 Å². The lowest BCUT2D eigenvalue weighted by Gasteiger charge is -2.20. The number of nitrogens with one attached hydrogen (secondary N) is 1. The Bertz CT molecular complexity index is 1020. The lowest BCUT2D eigenvalue weighted by atomic mass is 9.87. The van der Waals surface area contributed by atoms with E-state index < -0.39 is 6.10 Å². The van der Waals surface area contributed by atoms with Crippen LogP contribution in [0.3, 0.4) is 0 Å². The number of anilines is 1. The van der Waals surface area contributed by atoms with Crippen molar-refractivity contribution in [1.29, 1.82) is 0 Å². The number of ketones is 1. The Hall–Kier alpha value is -3.40. The van der Waals surface area contributed by atoms with E-state index in [0.29, 0.717) is 22.6 Å². The summed E-state index contributed by atoms with van der Waals surface area (Å²) in [7, 11) is 0. The van der Waals surface area contributed by atoms with Crippen LogP contribution in [0, 0.1) is 0 Å². The van der Waals surface area contributed by atoms with Gasteiger partial charge in [-0.15, -0.1) is 0 Å². The van der Waals surface area contributed by atoms with Crippen molar-refractivity contribution in [3.05, 3.63) is 95.6 Å². The molecule has 3 rings (SSSR count). The Morgan fingerprint density at radius 2 is 1.43 bits per heavy atom. The molecule has 1 atom stereocenters. The lowest BCUT2D eigenvalue weighted by Crippen LogP contribution is -2.30. The average molecular weight is 402 g/mol. The van der Waals surface area contributed by atoms with Crippen LogP contribution in [0.5, 0.6) is 5.75 Å². The van der Waals surface area contributed by atoms with Crippen molar-refractivity contribution in [1.82, 2.24) is 0 Å². The molecule has 0 radical (unpaired) electrons. The first-order valence-corrected chi connectivity index (χ1v) is 10.0. The number of hydrogen-bond acceptors (Lipinski definition) is 3. The number of ether oxygens (including phenoxy) is 1. The molecule has 0 heterocycles. The number of carbonyl (C=O) groups is 2. The zero-order valence-electron chi connectivity index (χ0n) is 17.8. The van der Waals surface area contributed by atoms with Gasteiger partial charge in [-0.25, -0.2) is 0 Å². The number of carbonyl (C=O) groups excluding carboxylic acids is 2. The van der Waals surface area contributed by atoms with Gasteiger partial charge in [0.25, 0.3) is 5.91 Å². The van der Waals surface area contributed by atoms with Crippen LogP contribution in [-0.2, 0) is 10.2 Å². The van der Waals surface area contributed by atoms with Crippen molar-refractivity contribution in [2.24, 2.45) is 0 Å². The molecule has 3 aromatic carbocycles. The van der Waals surface area contributed by atoms with Crippen molar-refractivity contribution >= 4 is 17.4 Å². The molecule has 1 amide bonds. The van der Waals surface area contributed by atoms with Gasteiger partial charge >= 0.3 is 0 Å². The summed E-state index contributed by atoms with van der Waals surface area (Å²) in [5.41, 5.74) is 2.73. The molecular formula is C26H27NO3. The average Bonchev–Trinajstić information content (AvgIpc) is 2.74. The van der Waals surface area contributed by atoms with E-state index in [2.05, 4.69) is 26.1 Å². The zero-order chi connectivity index (χ0) is 21.7. The maximum atomic E-state index is 12.8. The highest BCUT2D eigenvalue weighted by molar-refractivity contribution is 6.14. The number of hydrogen-bond donors (Lipinski definition) is 1. The van der Waals surface area contributed by atoms with Crippen molar-refractivity contribution in [3.8, 4) is 5.75 Å². The van der Waals surface area contributed by atoms with Gasteiger partial charge in [0.05, 0.1) is 5.69 Å². The fourth-order valence-corrected chi connectivity index (χ4v) is 3.06. The SMILES string of the molecule is C[C@@H](Oc1ccc(C(C)(C)C)cc1)C(=O)Nc1ccccc1C(=O)c1ccccc1. The van der Waals surface area contributed by atoms with Crippen molar-refractivity contribution in [2.45, 2.75) is 39.2 Å². The van der Waals surface area contributed by atoms with Crippen LogP contribution < -0.4 is 10.1 Å². The first-order valence-electron chi connectivity index (χ1n) is 10.0. The van der Waals surface area contributed by atoms with E-state index in [4.69, 9.17) is 4.74 Å². The second-order valence-electron chi connectivity index (χ2n) is 8.26. The van der Waals surface area contributed by atoms with E-state index in [1.54, 1.807) is 43.3 Å². The molecule has 0 aliphatic heterocycles. The monoisotopic (exact) mass is 401 g/mol. The zero-order valence-corrected chi connectivity index (χ0v) is 17.8. The second kappa shape index (κ2) is 8.95. The number of rotatable bonds is 6. The van der Waals surface area contributed by atoms with Gasteiger partial charge in [-0.1, -0.05) is 75.4 Å². The smallest absolute Gasteiger partial charge is 0.265 e. The third-order valence-electron chi connectivity index (χ3n) is 4.87. The third kappa shape index (κ3) is 5.15. The number of benzene rings is 3. The van der Waals surface area contributed by atoms with E-state index in [-0.39, 0.29) is 17.1 Å². The molecule has 0 saturated carbocycles. The summed E-state index contributed by atoms with van der Waals surface area (Å²) in [6.45, 7) is 8.13. The van der Waals surface area contributed by atoms with Crippen LogP contribution in [0.1, 0.15) is 49.2 Å². The van der Waals surface area contributed by atoms with Gasteiger partial charge in [0.2, 0.25) is 0 Å². The van der Waals surface area contributed by atoms with E-state index in [1.165, 1.54) is 5.56 Å². The van der Waals surface area contributed by atoms with Crippen molar-refractivity contribution in [3.63, 3.8) is 0 Å². The number of amides is 1. The van der Waals surface area contributed by atoms with Crippen LogP contribution in [0.15, 0.2) is 78.9 Å². The fraction of sp³-hybridized carbons (Fsp3) is 0.231. The quantitative estimate of drug-likeness (QED) is 0.545. The molecule has 30 heavy (non-hydrogen) atoms. The Morgan fingerprint density at radius 1 is 0.833 bits per heavy atom. The predicted molar refractivity (Wildman–Crippen MR) is 120 cm³/mol. The highest BCUT2D eigenvalue weighted by atomic mass is 16.5. The fourth-order valence-electron chi connectivity index (χ4n) is 3.06. The first-order chi connectivity index (χ1) is 14.3. The minimum Gasteiger partial charge on any atom is -0.481 e. The maximum absolute atomic E-state index is 12.8. The molecular weight excluding hydrogens is 374 g/mol. The van der Waals surface area contributed by atoms with Crippen LogP contribution >= 0.6 is 0 Å². The Kier molecular flexibility index (Phi) is 6.36. The van der Waals surface area contributed by atoms with Gasteiger partial charge in [0.1, 0.15) is 5.75 Å². The van der Waals surface area contributed by atoms with Gasteiger partial charge in [0.15, 0.2) is 11.9 Å². The first kappa shape index (κ1) is 21.3. The molecule has 4 nitrogen and oxygen atoms in total. The molecule has 0 aromatic heterocycles. The van der Waals surface area contributed by atoms with Crippen molar-refractivity contribution < 1.29 is 14.3 Å². The lowest BCUT2D eigenvalue weighted by molar-refractivity contribution is -0.122. The molecule has 4 heteroatoms. The maximum Gasteiger partial charge on any atom is 0.265 e. The summed E-state index contributed by atoms with van der Waals surface area (Å²) >= 11 is 0. The molecule has 0 spiro atoms. The summed E-state index contributed by atoms with van der Waals surface area (Å²) in [5.74, 6) is 0.167. The molecule has 0 aliphatic rings. The van der Waals surface area contributed by atoms with Gasteiger partial charge in [0, 0.05) is 11.1 Å². The largest absolute Gasteiger partial charge is 0.481 e.